The molecule has 3 atom stereocenters. The van der Waals surface area contributed by atoms with E-state index in [4.69, 9.17) is 26.2 Å². The molecule has 2 heterocycles. The van der Waals surface area contributed by atoms with Crippen LogP contribution in [0, 0.1) is 17.8 Å². The maximum atomic E-state index is 16.4. The molecule has 2 saturated heterocycles. The van der Waals surface area contributed by atoms with Gasteiger partial charge in [0.2, 0.25) is 15.9 Å². The second-order valence-electron chi connectivity index (χ2n) is 13.3. The van der Waals surface area contributed by atoms with Crippen molar-refractivity contribution >= 4 is 33.5 Å². The number of carbonyl (C=O) groups excluding carboxylic acids is 1. The van der Waals surface area contributed by atoms with Crippen molar-refractivity contribution in [2.75, 3.05) is 32.8 Å². The first-order chi connectivity index (χ1) is 24.5. The maximum Gasteiger partial charge on any atom is 0.490 e. The van der Waals surface area contributed by atoms with Gasteiger partial charge in [-0.05, 0) is 78.1 Å². The second-order valence-corrected chi connectivity index (χ2v) is 15.4. The van der Waals surface area contributed by atoms with Gasteiger partial charge in [-0.25, -0.2) is 13.2 Å². The van der Waals surface area contributed by atoms with Crippen molar-refractivity contribution in [1.29, 1.82) is 0 Å². The van der Waals surface area contributed by atoms with E-state index < -0.39 is 45.6 Å². The molecule has 0 bridgehead atoms. The Hall–Kier alpha value is -3.79. The molecule has 2 aliphatic heterocycles. The summed E-state index contributed by atoms with van der Waals surface area (Å²) in [6.45, 7) is 2.54. The molecule has 282 valence electrons. The molecule has 1 amide bonds. The van der Waals surface area contributed by atoms with Gasteiger partial charge < -0.3 is 20.1 Å². The summed E-state index contributed by atoms with van der Waals surface area (Å²) in [5.74, 6) is -6.25. The van der Waals surface area contributed by atoms with Gasteiger partial charge in [0.15, 0.2) is 6.04 Å². The normalized spacial score (nSPS) is 20.1. The summed E-state index contributed by atoms with van der Waals surface area (Å²) in [6.07, 6.45) is 0.744. The van der Waals surface area contributed by atoms with Crippen LogP contribution in [-0.4, -0.2) is 75.3 Å². The van der Waals surface area contributed by atoms with E-state index in [1.165, 1.54) is 72.7 Å². The zero-order valence-electron chi connectivity index (χ0n) is 27.9. The molecule has 52 heavy (non-hydrogen) atoms. The third kappa shape index (κ3) is 9.79. The number of rotatable bonds is 10. The van der Waals surface area contributed by atoms with Crippen molar-refractivity contribution in [3.63, 3.8) is 0 Å². The lowest BCUT2D eigenvalue weighted by atomic mass is 9.90. The average molecular weight is 772 g/mol. The van der Waals surface area contributed by atoms with Crippen molar-refractivity contribution in [2.24, 2.45) is 17.8 Å². The number of sulfonamides is 1. The van der Waals surface area contributed by atoms with Crippen molar-refractivity contribution < 1.29 is 49.8 Å². The Kier molecular flexibility index (Phi) is 12.5. The molecule has 1 unspecified atom stereocenters. The third-order valence-corrected chi connectivity index (χ3v) is 11.3. The lowest BCUT2D eigenvalue weighted by Crippen LogP contribution is -2.56. The van der Waals surface area contributed by atoms with Crippen LogP contribution in [0.5, 0.6) is 5.75 Å². The number of nitrogens with zero attached hydrogens (tertiary/aromatic N) is 1. The van der Waals surface area contributed by atoms with Crippen LogP contribution in [0.3, 0.4) is 0 Å². The van der Waals surface area contributed by atoms with E-state index in [2.05, 4.69) is 10.0 Å². The largest absolute Gasteiger partial charge is 0.493 e. The molecular formula is C36H39ClF5N3O6S. The lowest BCUT2D eigenvalue weighted by molar-refractivity contribution is -0.192. The first-order valence-corrected chi connectivity index (χ1v) is 18.7. The third-order valence-electron chi connectivity index (χ3n) is 9.62. The van der Waals surface area contributed by atoms with E-state index in [9.17, 15) is 26.4 Å². The Morgan fingerprint density at radius 3 is 1.90 bits per heavy atom. The van der Waals surface area contributed by atoms with E-state index >= 15 is 8.78 Å². The number of benzene rings is 3. The smallest absolute Gasteiger partial charge is 0.490 e. The van der Waals surface area contributed by atoms with Gasteiger partial charge >= 0.3 is 12.1 Å². The zero-order chi connectivity index (χ0) is 37.7. The van der Waals surface area contributed by atoms with Gasteiger partial charge in [-0.3, -0.25) is 4.79 Å². The summed E-state index contributed by atoms with van der Waals surface area (Å²) in [5.41, 5.74) is 1.00. The van der Waals surface area contributed by atoms with Crippen LogP contribution in [0.4, 0.5) is 22.0 Å². The predicted octanol–water partition coefficient (Wildman–Crippen LogP) is 6.72. The number of hydrogen-bond acceptors (Lipinski definition) is 6. The van der Waals surface area contributed by atoms with E-state index in [0.717, 1.165) is 18.4 Å². The monoisotopic (exact) mass is 771 g/mol. The van der Waals surface area contributed by atoms with Crippen molar-refractivity contribution in [1.82, 2.24) is 14.9 Å². The number of ether oxygens (including phenoxy) is 1. The Bertz CT molecular complexity index is 1780. The van der Waals surface area contributed by atoms with E-state index in [1.807, 2.05) is 0 Å². The fourth-order valence-electron chi connectivity index (χ4n) is 6.70. The zero-order valence-corrected chi connectivity index (χ0v) is 29.5. The summed E-state index contributed by atoms with van der Waals surface area (Å²) < 4.78 is 99.5. The summed E-state index contributed by atoms with van der Waals surface area (Å²) in [7, 11) is -4.51. The molecule has 3 N–H and O–H groups in total. The molecule has 3 fully saturated rings. The summed E-state index contributed by atoms with van der Waals surface area (Å²) >= 11 is 5.98. The fraction of sp³-hybridized carbons (Fsp3) is 0.444. The second kappa shape index (κ2) is 16.5. The van der Waals surface area contributed by atoms with Gasteiger partial charge in [-0.15, -0.1) is 0 Å². The summed E-state index contributed by atoms with van der Waals surface area (Å²) in [6, 6.07) is 15.9. The first-order valence-electron chi connectivity index (χ1n) is 16.8. The number of hydrogen-bond donors (Lipinski definition) is 3. The molecular weight excluding hydrogens is 733 g/mol. The van der Waals surface area contributed by atoms with E-state index in [1.54, 1.807) is 24.3 Å². The van der Waals surface area contributed by atoms with Crippen LogP contribution < -0.4 is 14.8 Å². The number of nitrogens with one attached hydrogen (secondary N) is 2. The highest BCUT2D eigenvalue weighted by Crippen LogP contribution is 2.37. The van der Waals surface area contributed by atoms with Crippen LogP contribution in [0.15, 0.2) is 77.7 Å². The maximum absolute atomic E-state index is 16.4. The predicted molar refractivity (Wildman–Crippen MR) is 184 cm³/mol. The highest BCUT2D eigenvalue weighted by molar-refractivity contribution is 7.89. The van der Waals surface area contributed by atoms with Crippen LogP contribution in [-0.2, 0) is 25.5 Å². The van der Waals surface area contributed by atoms with Gasteiger partial charge in [-0.1, -0.05) is 67.3 Å². The van der Waals surface area contributed by atoms with Gasteiger partial charge in [0.05, 0.1) is 11.5 Å². The number of aliphatic carboxylic acids is 1. The Balaban J connectivity index is 0.000000679. The first kappa shape index (κ1) is 39.4. The number of likely N-dealkylation sites (tertiary alicyclic amines) is 1. The molecule has 6 rings (SSSR count). The topological polar surface area (TPSA) is 125 Å². The molecule has 3 aliphatic rings. The number of carboxylic acids is 1. The Labute approximate surface area is 303 Å². The molecule has 1 aliphatic carbocycles. The molecule has 0 radical (unpaired) electrons. The van der Waals surface area contributed by atoms with Crippen molar-refractivity contribution in [3.8, 4) is 16.9 Å². The molecule has 3 aromatic rings. The molecule has 3 aromatic carbocycles. The number of carboxylic acid groups (broad SMARTS) is 1. The molecule has 1 saturated carbocycles. The molecule has 16 heteroatoms. The summed E-state index contributed by atoms with van der Waals surface area (Å²) in [5, 5.41) is 10.9. The minimum Gasteiger partial charge on any atom is -0.493 e. The van der Waals surface area contributed by atoms with Crippen LogP contribution in [0.25, 0.3) is 11.1 Å². The number of amides is 1. The van der Waals surface area contributed by atoms with Crippen LogP contribution in [0.1, 0.15) is 37.7 Å². The standard InChI is InChI=1S/C34H38ClF2N3O4S.C2HF3O2/c35-29-12-8-25(9-13-29)24-6-10-28(11-7-24)34(36,37)32(33(41)40-20-26-18-38-19-27(26)21-40)39-45(42,43)31-16-14-30(15-17-31)44-22-23-4-2-1-3-5-23;3-2(4,5)1(6)7/h6-17,23,26-27,32,38-39H,1-5,18-22H2;(H,6,7)/t26-,27+,32?;. The number of carbonyl (C=O) groups is 2. The van der Waals surface area contributed by atoms with Crippen LogP contribution in [0.2, 0.25) is 5.02 Å². The molecule has 0 aromatic heterocycles. The van der Waals surface area contributed by atoms with Crippen LogP contribution >= 0.6 is 11.6 Å². The number of halogens is 6. The van der Waals surface area contributed by atoms with E-state index in [0.29, 0.717) is 55.0 Å². The molecule has 9 nitrogen and oxygen atoms in total. The van der Waals surface area contributed by atoms with Gasteiger partial charge in [0, 0.05) is 36.8 Å². The average Bonchev–Trinajstić information content (AvgIpc) is 3.74. The highest BCUT2D eigenvalue weighted by atomic mass is 35.5. The van der Waals surface area contributed by atoms with Crippen molar-refractivity contribution in [3.05, 3.63) is 83.4 Å². The SMILES string of the molecule is O=C(C(NS(=O)(=O)c1ccc(OCC2CCCCC2)cc1)C(F)(F)c1ccc(-c2ccc(Cl)cc2)cc1)N1C[C@H]2CNC[C@H]2C1.O=C(O)C(F)(F)F. The lowest BCUT2D eigenvalue weighted by Gasteiger charge is -2.31. The molecule has 0 spiro atoms. The minimum atomic E-state index is -5.08. The number of alkyl halides is 5. The van der Waals surface area contributed by atoms with E-state index in [-0.39, 0.29) is 16.7 Å². The quantitative estimate of drug-likeness (QED) is 0.196. The Morgan fingerprint density at radius 1 is 0.865 bits per heavy atom. The Morgan fingerprint density at radius 2 is 1.38 bits per heavy atom. The van der Waals surface area contributed by atoms with Gasteiger partial charge in [0.1, 0.15) is 5.75 Å². The number of fused-ring (bicyclic) bond motifs is 1. The fourth-order valence-corrected chi connectivity index (χ4v) is 8.01. The highest BCUT2D eigenvalue weighted by Gasteiger charge is 2.51. The summed E-state index contributed by atoms with van der Waals surface area (Å²) in [4.78, 5) is 23.8. The van der Waals surface area contributed by atoms with Gasteiger partial charge in [0.25, 0.3) is 5.92 Å². The van der Waals surface area contributed by atoms with Gasteiger partial charge in [-0.2, -0.15) is 26.7 Å². The van der Waals surface area contributed by atoms with Crippen molar-refractivity contribution in [2.45, 2.75) is 55.1 Å². The minimum absolute atomic E-state index is 0.152.